The number of methoxy groups -OCH3 is 2. The highest BCUT2D eigenvalue weighted by molar-refractivity contribution is 5.79. The fraction of sp³-hybridized carbons (Fsp3) is 0.500. The summed E-state index contributed by atoms with van der Waals surface area (Å²) in [6.45, 7) is 2.02. The van der Waals surface area contributed by atoms with Gasteiger partial charge in [0.2, 0.25) is 5.91 Å². The average molecular weight is 309 g/mol. The lowest BCUT2D eigenvalue weighted by Crippen LogP contribution is -2.39. The van der Waals surface area contributed by atoms with Gasteiger partial charge in [0.15, 0.2) is 0 Å². The predicted octanol–water partition coefficient (Wildman–Crippen LogP) is 1.01. The van der Waals surface area contributed by atoms with E-state index in [4.69, 9.17) is 4.74 Å². The van der Waals surface area contributed by atoms with Gasteiger partial charge in [-0.05, 0) is 24.6 Å². The monoisotopic (exact) mass is 309 g/mol. The lowest BCUT2D eigenvalue weighted by molar-refractivity contribution is -0.142. The quantitative estimate of drug-likeness (QED) is 0.725. The number of carbonyl (C=O) groups is 2. The number of hydrogen-bond acceptors (Lipinski definition) is 5. The summed E-state index contributed by atoms with van der Waals surface area (Å²) >= 11 is 0. The van der Waals surface area contributed by atoms with E-state index >= 15 is 0 Å². The maximum Gasteiger partial charge on any atom is 0.307 e. The van der Waals surface area contributed by atoms with Crippen molar-refractivity contribution in [1.82, 2.24) is 4.90 Å². The molecule has 0 fully saturated rings. The van der Waals surface area contributed by atoms with Crippen molar-refractivity contribution in [2.75, 3.05) is 27.3 Å². The first kappa shape index (κ1) is 18.0. The molecule has 1 amide bonds. The Morgan fingerprint density at radius 3 is 2.36 bits per heavy atom. The highest BCUT2D eigenvalue weighted by Gasteiger charge is 2.17. The number of ether oxygens (including phenoxy) is 2. The van der Waals surface area contributed by atoms with Gasteiger partial charge >= 0.3 is 5.97 Å². The van der Waals surface area contributed by atoms with Gasteiger partial charge in [0.25, 0.3) is 0 Å². The van der Waals surface area contributed by atoms with E-state index in [2.05, 4.69) is 4.74 Å². The Kier molecular flexibility index (Phi) is 7.39. The lowest BCUT2D eigenvalue weighted by atomic mass is 10.1. The molecule has 0 aliphatic carbocycles. The van der Waals surface area contributed by atoms with Gasteiger partial charge in [-0.3, -0.25) is 9.59 Å². The maximum absolute atomic E-state index is 12.3. The molecule has 0 saturated carbocycles. The van der Waals surface area contributed by atoms with Gasteiger partial charge in [-0.2, -0.15) is 0 Å². The molecule has 1 unspecified atom stereocenters. The van der Waals surface area contributed by atoms with Gasteiger partial charge < -0.3 is 19.5 Å². The Labute approximate surface area is 130 Å². The summed E-state index contributed by atoms with van der Waals surface area (Å²) in [7, 11) is 2.89. The van der Waals surface area contributed by atoms with E-state index in [1.54, 1.807) is 26.2 Å². The molecule has 0 bridgehead atoms. The van der Waals surface area contributed by atoms with E-state index in [-0.39, 0.29) is 37.8 Å². The van der Waals surface area contributed by atoms with Crippen LogP contribution in [0.3, 0.4) is 0 Å². The topological polar surface area (TPSA) is 76.1 Å². The average Bonchev–Trinajstić information content (AvgIpc) is 2.51. The number of nitrogens with zero attached hydrogens (tertiary/aromatic N) is 1. The van der Waals surface area contributed by atoms with Crippen LogP contribution in [-0.2, 0) is 20.7 Å². The van der Waals surface area contributed by atoms with Gasteiger partial charge in [-0.1, -0.05) is 12.1 Å². The largest absolute Gasteiger partial charge is 0.497 e. The minimum atomic E-state index is -0.655. The van der Waals surface area contributed by atoms with Gasteiger partial charge in [0, 0.05) is 13.1 Å². The SMILES string of the molecule is COC(=O)CCN(CC(C)O)C(=O)Cc1ccc(OC)cc1. The van der Waals surface area contributed by atoms with E-state index in [9.17, 15) is 14.7 Å². The predicted molar refractivity (Wildman–Crippen MR) is 81.6 cm³/mol. The molecule has 6 nitrogen and oxygen atoms in total. The molecule has 6 heteroatoms. The fourth-order valence-electron chi connectivity index (χ4n) is 1.99. The van der Waals surface area contributed by atoms with Crippen molar-refractivity contribution >= 4 is 11.9 Å². The van der Waals surface area contributed by atoms with Gasteiger partial charge in [-0.25, -0.2) is 0 Å². The molecular weight excluding hydrogens is 286 g/mol. The van der Waals surface area contributed by atoms with Crippen LogP contribution < -0.4 is 4.74 Å². The molecule has 0 heterocycles. The number of esters is 1. The second-order valence-corrected chi connectivity index (χ2v) is 5.04. The van der Waals surface area contributed by atoms with Gasteiger partial charge in [-0.15, -0.1) is 0 Å². The summed E-state index contributed by atoms with van der Waals surface area (Å²) in [6, 6.07) is 7.21. The third-order valence-corrected chi connectivity index (χ3v) is 3.17. The Morgan fingerprint density at radius 2 is 1.86 bits per heavy atom. The van der Waals surface area contributed by atoms with Crippen molar-refractivity contribution in [2.45, 2.75) is 25.9 Å². The Morgan fingerprint density at radius 1 is 1.23 bits per heavy atom. The fourth-order valence-corrected chi connectivity index (χ4v) is 1.99. The Bertz CT molecular complexity index is 484. The van der Waals surface area contributed by atoms with Crippen LogP contribution in [0.1, 0.15) is 18.9 Å². The highest BCUT2D eigenvalue weighted by atomic mass is 16.5. The second kappa shape index (κ2) is 9.04. The van der Waals surface area contributed by atoms with E-state index in [0.29, 0.717) is 0 Å². The molecule has 0 aromatic heterocycles. The van der Waals surface area contributed by atoms with Gasteiger partial charge in [0.05, 0.1) is 33.2 Å². The third-order valence-electron chi connectivity index (χ3n) is 3.17. The molecule has 1 aromatic rings. The van der Waals surface area contributed by atoms with E-state index in [1.165, 1.54) is 12.0 Å². The molecule has 1 rings (SSSR count). The number of aliphatic hydroxyl groups is 1. The number of benzene rings is 1. The maximum atomic E-state index is 12.3. The van der Waals surface area contributed by atoms with Crippen LogP contribution in [0.15, 0.2) is 24.3 Å². The lowest BCUT2D eigenvalue weighted by Gasteiger charge is -2.23. The van der Waals surface area contributed by atoms with Crippen molar-refractivity contribution < 1.29 is 24.2 Å². The molecule has 0 aliphatic rings. The first-order valence-corrected chi connectivity index (χ1v) is 7.11. The van der Waals surface area contributed by atoms with Crippen LogP contribution in [0.2, 0.25) is 0 Å². The molecule has 0 radical (unpaired) electrons. The standard InChI is InChI=1S/C16H23NO5/c1-12(18)11-17(9-8-16(20)22-3)15(19)10-13-4-6-14(21-2)7-5-13/h4-7,12,18H,8-11H2,1-3H3. The number of carbonyl (C=O) groups excluding carboxylic acids is 2. The van der Waals surface area contributed by atoms with Crippen LogP contribution in [0.4, 0.5) is 0 Å². The molecule has 1 aromatic carbocycles. The van der Waals surface area contributed by atoms with Crippen LogP contribution in [0.5, 0.6) is 5.75 Å². The highest BCUT2D eigenvalue weighted by Crippen LogP contribution is 2.12. The van der Waals surface area contributed by atoms with E-state index < -0.39 is 6.10 Å². The molecule has 1 N–H and O–H groups in total. The summed E-state index contributed by atoms with van der Waals surface area (Å²) < 4.78 is 9.65. The zero-order valence-electron chi connectivity index (χ0n) is 13.2. The zero-order chi connectivity index (χ0) is 16.5. The normalized spacial score (nSPS) is 11.6. The van der Waals surface area contributed by atoms with Crippen LogP contribution >= 0.6 is 0 Å². The van der Waals surface area contributed by atoms with Crippen LogP contribution in [0.25, 0.3) is 0 Å². The minimum Gasteiger partial charge on any atom is -0.497 e. The molecule has 22 heavy (non-hydrogen) atoms. The zero-order valence-corrected chi connectivity index (χ0v) is 13.2. The number of amides is 1. The summed E-state index contributed by atoms with van der Waals surface area (Å²) in [6.07, 6.45) is -0.340. The van der Waals surface area contributed by atoms with Crippen molar-refractivity contribution in [3.8, 4) is 5.75 Å². The summed E-state index contributed by atoms with van der Waals surface area (Å²) in [5, 5.41) is 9.50. The molecule has 0 aliphatic heterocycles. The van der Waals surface area contributed by atoms with Crippen molar-refractivity contribution in [1.29, 1.82) is 0 Å². The number of aliphatic hydroxyl groups excluding tert-OH is 1. The summed E-state index contributed by atoms with van der Waals surface area (Å²) in [4.78, 5) is 25.0. The minimum absolute atomic E-state index is 0.109. The van der Waals surface area contributed by atoms with E-state index in [1.807, 2.05) is 12.1 Å². The number of rotatable bonds is 8. The van der Waals surface area contributed by atoms with Crippen LogP contribution in [-0.4, -0.2) is 55.3 Å². The molecule has 0 spiro atoms. The first-order chi connectivity index (χ1) is 10.5. The summed E-state index contributed by atoms with van der Waals surface area (Å²) in [5.41, 5.74) is 0.847. The molecule has 122 valence electrons. The number of hydrogen-bond donors (Lipinski definition) is 1. The Hall–Kier alpha value is -2.08. The van der Waals surface area contributed by atoms with Crippen molar-refractivity contribution in [3.05, 3.63) is 29.8 Å². The van der Waals surface area contributed by atoms with Gasteiger partial charge in [0.1, 0.15) is 5.75 Å². The molecular formula is C16H23NO5. The second-order valence-electron chi connectivity index (χ2n) is 5.04. The Balaban J connectivity index is 2.66. The van der Waals surface area contributed by atoms with Crippen molar-refractivity contribution in [2.24, 2.45) is 0 Å². The molecule has 1 atom stereocenters. The van der Waals surface area contributed by atoms with E-state index in [0.717, 1.165) is 11.3 Å². The summed E-state index contributed by atoms with van der Waals surface area (Å²) in [5.74, 6) is 0.200. The van der Waals surface area contributed by atoms with Crippen molar-refractivity contribution in [3.63, 3.8) is 0 Å². The molecule has 0 saturated heterocycles. The third kappa shape index (κ3) is 6.13. The first-order valence-electron chi connectivity index (χ1n) is 7.11. The van der Waals surface area contributed by atoms with Crippen LogP contribution in [0, 0.1) is 0 Å². The smallest absolute Gasteiger partial charge is 0.307 e.